The van der Waals surface area contributed by atoms with Crippen molar-refractivity contribution in [2.24, 2.45) is 0 Å². The topological polar surface area (TPSA) is 41.1 Å². The van der Waals surface area contributed by atoms with Crippen LogP contribution in [0.5, 0.6) is 0 Å². The predicted octanol–water partition coefficient (Wildman–Crippen LogP) is 5.54. The third kappa shape index (κ3) is 4.85. The molecule has 3 aromatic rings. The lowest BCUT2D eigenvalue weighted by atomic mass is 9.86. The molecule has 0 aliphatic heterocycles. The Labute approximate surface area is 162 Å². The zero-order valence-electron chi connectivity index (χ0n) is 16.6. The van der Waals surface area contributed by atoms with E-state index in [9.17, 15) is 0 Å². The second-order valence-electron chi connectivity index (χ2n) is 7.66. The lowest BCUT2D eigenvalue weighted by Crippen LogP contribution is -2.24. The van der Waals surface area contributed by atoms with Crippen molar-refractivity contribution < 1.29 is 0 Å². The number of hydrogen-bond donors (Lipinski definition) is 1. The Bertz CT molecular complexity index is 869. The molecular weight excluding hydrogens is 332 g/mol. The van der Waals surface area contributed by atoms with E-state index < -0.39 is 0 Å². The van der Waals surface area contributed by atoms with Gasteiger partial charge < -0.3 is 10.2 Å². The Morgan fingerprint density at radius 2 is 1.63 bits per heavy atom. The minimum atomic E-state index is 0.0578. The maximum atomic E-state index is 4.76. The van der Waals surface area contributed by atoms with Gasteiger partial charge in [0.1, 0.15) is 5.82 Å². The molecule has 0 unspecified atom stereocenters. The molecule has 0 saturated heterocycles. The summed E-state index contributed by atoms with van der Waals surface area (Å²) in [4.78, 5) is 11.4. The average Bonchev–Trinajstić information content (AvgIpc) is 2.67. The van der Waals surface area contributed by atoms with Crippen LogP contribution < -0.4 is 10.2 Å². The molecule has 0 atom stereocenters. The minimum Gasteiger partial charge on any atom is -0.340 e. The maximum absolute atomic E-state index is 4.76. The third-order valence-corrected chi connectivity index (χ3v) is 4.52. The fourth-order valence-corrected chi connectivity index (χ4v) is 3.08. The summed E-state index contributed by atoms with van der Waals surface area (Å²) in [6, 6.07) is 20.7. The van der Waals surface area contributed by atoms with Crippen molar-refractivity contribution in [3.8, 4) is 0 Å². The summed E-state index contributed by atoms with van der Waals surface area (Å²) in [5.41, 5.74) is 3.66. The number of nitrogens with one attached hydrogen (secondary N) is 1. The highest BCUT2D eigenvalue weighted by Gasteiger charge is 2.18. The monoisotopic (exact) mass is 360 g/mol. The molecule has 4 heteroatoms. The lowest BCUT2D eigenvalue weighted by Gasteiger charge is -2.24. The summed E-state index contributed by atoms with van der Waals surface area (Å²) in [7, 11) is 0. The van der Waals surface area contributed by atoms with Crippen molar-refractivity contribution in [1.82, 2.24) is 9.97 Å². The van der Waals surface area contributed by atoms with Crippen LogP contribution in [0.3, 0.4) is 0 Å². The van der Waals surface area contributed by atoms with Crippen LogP contribution in [-0.2, 0) is 12.0 Å². The van der Waals surface area contributed by atoms with E-state index in [2.05, 4.69) is 85.4 Å². The first-order valence-corrected chi connectivity index (χ1v) is 9.46. The van der Waals surface area contributed by atoms with Crippen molar-refractivity contribution in [3.05, 3.63) is 78.0 Å². The van der Waals surface area contributed by atoms with E-state index in [1.165, 1.54) is 11.1 Å². The van der Waals surface area contributed by atoms with E-state index >= 15 is 0 Å². The Morgan fingerprint density at radius 3 is 2.33 bits per heavy atom. The average molecular weight is 361 g/mol. The van der Waals surface area contributed by atoms with Gasteiger partial charge in [-0.3, -0.25) is 0 Å². The molecule has 1 N–H and O–H groups in total. The third-order valence-electron chi connectivity index (χ3n) is 4.52. The Kier molecular flexibility index (Phi) is 5.75. The van der Waals surface area contributed by atoms with Gasteiger partial charge in [-0.1, -0.05) is 69.3 Å². The predicted molar refractivity (Wildman–Crippen MR) is 114 cm³/mol. The Hall–Kier alpha value is -2.88. The standard InChI is InChI=1S/C23H28N4/c1-5-27(17-18-11-7-6-8-12-18)22-24-16-15-21(26-22)25-20-14-10-9-13-19(20)23(2,3)4/h6-16H,5,17H2,1-4H3,(H,24,25,26). The summed E-state index contributed by atoms with van der Waals surface area (Å²) in [5.74, 6) is 1.54. The largest absolute Gasteiger partial charge is 0.340 e. The van der Waals surface area contributed by atoms with Gasteiger partial charge in [-0.2, -0.15) is 4.98 Å². The molecule has 4 nitrogen and oxygen atoms in total. The van der Waals surface area contributed by atoms with E-state index in [-0.39, 0.29) is 5.41 Å². The first-order chi connectivity index (χ1) is 13.0. The number of para-hydroxylation sites is 1. The smallest absolute Gasteiger partial charge is 0.227 e. The molecule has 1 heterocycles. The zero-order chi connectivity index (χ0) is 19.3. The quantitative estimate of drug-likeness (QED) is 0.626. The van der Waals surface area contributed by atoms with Crippen molar-refractivity contribution in [2.45, 2.75) is 39.7 Å². The van der Waals surface area contributed by atoms with Gasteiger partial charge in [0, 0.05) is 25.0 Å². The van der Waals surface area contributed by atoms with Crippen molar-refractivity contribution in [1.29, 1.82) is 0 Å². The van der Waals surface area contributed by atoms with Crippen molar-refractivity contribution in [2.75, 3.05) is 16.8 Å². The van der Waals surface area contributed by atoms with E-state index in [1.54, 1.807) is 0 Å². The summed E-state index contributed by atoms with van der Waals surface area (Å²) in [6.45, 7) is 10.4. The zero-order valence-corrected chi connectivity index (χ0v) is 16.6. The Balaban J connectivity index is 1.84. The molecule has 1 aromatic heterocycles. The molecule has 0 amide bonds. The summed E-state index contributed by atoms with van der Waals surface area (Å²) in [6.07, 6.45) is 1.82. The van der Waals surface area contributed by atoms with Gasteiger partial charge in [-0.05, 0) is 35.6 Å². The van der Waals surface area contributed by atoms with Gasteiger partial charge in [0.15, 0.2) is 0 Å². The van der Waals surface area contributed by atoms with Gasteiger partial charge in [0.05, 0.1) is 0 Å². The van der Waals surface area contributed by atoms with E-state index in [1.807, 2.05) is 24.4 Å². The van der Waals surface area contributed by atoms with Crippen LogP contribution in [0.15, 0.2) is 66.9 Å². The van der Waals surface area contributed by atoms with Crippen LogP contribution in [-0.4, -0.2) is 16.5 Å². The summed E-state index contributed by atoms with van der Waals surface area (Å²) >= 11 is 0. The molecule has 3 rings (SSSR count). The van der Waals surface area contributed by atoms with Crippen molar-refractivity contribution >= 4 is 17.5 Å². The molecule has 0 aliphatic carbocycles. The lowest BCUT2D eigenvalue weighted by molar-refractivity contribution is 0.592. The van der Waals surface area contributed by atoms with Gasteiger partial charge >= 0.3 is 0 Å². The molecule has 0 fully saturated rings. The SMILES string of the molecule is CCN(Cc1ccccc1)c1nccc(Nc2ccccc2C(C)(C)C)n1. The normalized spacial score (nSPS) is 11.3. The van der Waals surface area contributed by atoms with Crippen molar-refractivity contribution in [3.63, 3.8) is 0 Å². The molecule has 0 saturated carbocycles. The Morgan fingerprint density at radius 1 is 0.926 bits per heavy atom. The highest BCUT2D eigenvalue weighted by atomic mass is 15.3. The van der Waals surface area contributed by atoms with Crippen LogP contribution in [0.25, 0.3) is 0 Å². The highest BCUT2D eigenvalue weighted by Crippen LogP contribution is 2.31. The fraction of sp³-hybridized carbons (Fsp3) is 0.304. The second kappa shape index (κ2) is 8.21. The van der Waals surface area contributed by atoms with Gasteiger partial charge in [0.2, 0.25) is 5.95 Å². The highest BCUT2D eigenvalue weighted by molar-refractivity contribution is 5.62. The maximum Gasteiger partial charge on any atom is 0.227 e. The van der Waals surface area contributed by atoms with Crippen LogP contribution >= 0.6 is 0 Å². The van der Waals surface area contributed by atoms with Gasteiger partial charge in [-0.25, -0.2) is 4.98 Å². The first kappa shape index (κ1) is 18.9. The molecule has 2 aromatic carbocycles. The number of benzene rings is 2. The molecule has 140 valence electrons. The van der Waals surface area contributed by atoms with E-state index in [4.69, 9.17) is 4.98 Å². The molecule has 0 aliphatic rings. The van der Waals surface area contributed by atoms with Gasteiger partial charge in [-0.15, -0.1) is 0 Å². The number of anilines is 3. The van der Waals surface area contributed by atoms with Gasteiger partial charge in [0.25, 0.3) is 0 Å². The molecular formula is C23H28N4. The second-order valence-corrected chi connectivity index (χ2v) is 7.66. The summed E-state index contributed by atoms with van der Waals surface area (Å²) in [5, 5.41) is 3.48. The number of aromatic nitrogens is 2. The first-order valence-electron chi connectivity index (χ1n) is 9.46. The van der Waals surface area contributed by atoms with E-state index in [0.717, 1.165) is 30.5 Å². The van der Waals surface area contributed by atoms with Crippen LogP contribution in [0, 0.1) is 0 Å². The van der Waals surface area contributed by atoms with Crippen LogP contribution in [0.1, 0.15) is 38.8 Å². The number of nitrogens with zero attached hydrogens (tertiary/aromatic N) is 3. The summed E-state index contributed by atoms with van der Waals surface area (Å²) < 4.78 is 0. The fourth-order valence-electron chi connectivity index (χ4n) is 3.08. The number of rotatable bonds is 6. The minimum absolute atomic E-state index is 0.0578. The van der Waals surface area contributed by atoms with Crippen LogP contribution in [0.2, 0.25) is 0 Å². The molecule has 0 spiro atoms. The molecule has 0 bridgehead atoms. The number of hydrogen-bond acceptors (Lipinski definition) is 4. The molecule has 0 radical (unpaired) electrons. The molecule has 27 heavy (non-hydrogen) atoms. The van der Waals surface area contributed by atoms with E-state index in [0.29, 0.717) is 0 Å². The van der Waals surface area contributed by atoms with Crippen LogP contribution in [0.4, 0.5) is 17.5 Å².